The number of Topliss-reactive ketones (excluding diaryl/α,β-unsaturated/α-hetero) is 1. The van der Waals surface area contributed by atoms with Gasteiger partial charge in [0.15, 0.2) is 23.2 Å². The molecule has 0 bridgehead atoms. The molecule has 41 heavy (non-hydrogen) atoms. The van der Waals surface area contributed by atoms with Crippen LogP contribution in [-0.4, -0.2) is 41.5 Å². The van der Waals surface area contributed by atoms with Crippen LogP contribution in [0.2, 0.25) is 5.02 Å². The molecule has 13 heteroatoms. The summed E-state index contributed by atoms with van der Waals surface area (Å²) in [6.07, 6.45) is 0.793. The number of ketones is 1. The summed E-state index contributed by atoms with van der Waals surface area (Å²) in [5.74, 6) is -11.5. The molecule has 0 aliphatic carbocycles. The van der Waals surface area contributed by atoms with Crippen LogP contribution in [0.5, 0.6) is 5.75 Å². The molecule has 0 radical (unpaired) electrons. The normalized spacial score (nSPS) is 12.7. The van der Waals surface area contributed by atoms with Gasteiger partial charge < -0.3 is 19.4 Å². The zero-order valence-corrected chi connectivity index (χ0v) is 23.1. The van der Waals surface area contributed by atoms with Crippen molar-refractivity contribution in [2.45, 2.75) is 45.7 Å². The predicted octanol–water partition coefficient (Wildman–Crippen LogP) is 4.88. The number of rotatable bonds is 12. The number of pyridine rings is 1. The van der Waals surface area contributed by atoms with Gasteiger partial charge in [-0.25, -0.2) is 8.78 Å². The van der Waals surface area contributed by atoms with Gasteiger partial charge in [-0.15, -0.1) is 0 Å². The van der Waals surface area contributed by atoms with Crippen molar-refractivity contribution in [1.29, 1.82) is 0 Å². The fourth-order valence-electron chi connectivity index (χ4n) is 3.90. The Morgan fingerprint density at radius 1 is 1.02 bits per heavy atom. The number of benzene rings is 2. The van der Waals surface area contributed by atoms with E-state index in [0.29, 0.717) is 10.4 Å². The topological polar surface area (TPSA) is 104 Å². The quantitative estimate of drug-likeness (QED) is 0.181. The lowest BCUT2D eigenvalue weighted by Gasteiger charge is -2.23. The monoisotopic (exact) mass is 598 g/mol. The Hall–Kier alpha value is -3.93. The lowest BCUT2D eigenvalue weighted by atomic mass is 10.1. The molecular weight excluding hydrogens is 572 g/mol. The van der Waals surface area contributed by atoms with Crippen molar-refractivity contribution in [1.82, 2.24) is 9.88 Å². The van der Waals surface area contributed by atoms with E-state index in [1.807, 2.05) is 0 Å². The van der Waals surface area contributed by atoms with Crippen LogP contribution in [-0.2, 0) is 19.1 Å². The van der Waals surface area contributed by atoms with Crippen LogP contribution in [0, 0.1) is 29.2 Å². The Bertz CT molecular complexity index is 1500. The Labute approximate surface area is 237 Å². The van der Waals surface area contributed by atoms with E-state index in [1.54, 1.807) is 39.0 Å². The minimum atomic E-state index is -1.87. The van der Waals surface area contributed by atoms with Gasteiger partial charge in [0.1, 0.15) is 18.7 Å². The van der Waals surface area contributed by atoms with Crippen LogP contribution >= 0.6 is 11.6 Å². The van der Waals surface area contributed by atoms with Gasteiger partial charge in [0, 0.05) is 22.7 Å². The number of carbonyl (C=O) groups excluding carboxylic acids is 3. The van der Waals surface area contributed by atoms with Crippen LogP contribution in [0.25, 0.3) is 10.8 Å². The van der Waals surface area contributed by atoms with E-state index >= 15 is 0 Å². The zero-order valence-electron chi connectivity index (χ0n) is 22.3. The van der Waals surface area contributed by atoms with E-state index < -0.39 is 77.3 Å². The number of aromatic nitrogens is 1. The summed E-state index contributed by atoms with van der Waals surface area (Å²) in [4.78, 5) is 51.8. The van der Waals surface area contributed by atoms with Crippen molar-refractivity contribution >= 4 is 40.0 Å². The number of nitrogens with one attached hydrogen (secondary N) is 1. The van der Waals surface area contributed by atoms with Crippen LogP contribution in [0.1, 0.15) is 39.7 Å². The summed E-state index contributed by atoms with van der Waals surface area (Å²) in [6.45, 7) is 4.00. The van der Waals surface area contributed by atoms with Crippen LogP contribution in [0.15, 0.2) is 41.3 Å². The van der Waals surface area contributed by atoms with Gasteiger partial charge in [-0.3, -0.25) is 19.2 Å². The standard InChI is InChI=1S/C28H27ClF4N2O6/c1-4-21(35-8-7-15-5-6-16(29)9-17(15)28(35)39)27(38)34-20(11-23(37)40-12-14(2)3)22(36)13-41-26-24(32)18(30)10-19(31)25(26)33/h5-10,14,20-21H,4,11-13H2,1-3H3,(H,34,38)/t20?,21-/m0/s1. The summed E-state index contributed by atoms with van der Waals surface area (Å²) in [5.41, 5.74) is -0.534. The number of hydrogen-bond acceptors (Lipinski definition) is 6. The molecule has 0 spiro atoms. The van der Waals surface area contributed by atoms with E-state index in [2.05, 4.69) is 5.32 Å². The number of fused-ring (bicyclic) bond motifs is 1. The number of amides is 1. The van der Waals surface area contributed by atoms with E-state index in [1.165, 1.54) is 12.3 Å². The average molecular weight is 599 g/mol. The molecule has 220 valence electrons. The molecule has 1 unspecified atom stereocenters. The highest BCUT2D eigenvalue weighted by Crippen LogP contribution is 2.26. The molecule has 2 aromatic carbocycles. The maximum atomic E-state index is 14.0. The predicted molar refractivity (Wildman–Crippen MR) is 142 cm³/mol. The van der Waals surface area contributed by atoms with E-state index in [-0.39, 0.29) is 30.4 Å². The Balaban J connectivity index is 1.87. The van der Waals surface area contributed by atoms with Crippen LogP contribution in [0.4, 0.5) is 17.6 Å². The molecule has 3 aromatic rings. The smallest absolute Gasteiger partial charge is 0.308 e. The second kappa shape index (κ2) is 13.6. The first-order chi connectivity index (χ1) is 19.3. The third-order valence-corrected chi connectivity index (χ3v) is 6.24. The number of nitrogens with zero attached hydrogens (tertiary/aromatic N) is 1. The highest BCUT2D eigenvalue weighted by molar-refractivity contribution is 6.31. The van der Waals surface area contributed by atoms with Crippen molar-refractivity contribution in [2.24, 2.45) is 5.92 Å². The van der Waals surface area contributed by atoms with Crippen molar-refractivity contribution in [3.8, 4) is 5.75 Å². The second-order valence-corrected chi connectivity index (χ2v) is 10.0. The number of carbonyl (C=O) groups is 3. The molecule has 1 aromatic heterocycles. The van der Waals surface area contributed by atoms with Crippen molar-refractivity contribution < 1.29 is 41.4 Å². The zero-order chi connectivity index (χ0) is 30.4. The van der Waals surface area contributed by atoms with Crippen LogP contribution in [0.3, 0.4) is 0 Å². The summed E-state index contributed by atoms with van der Waals surface area (Å²) in [7, 11) is 0. The Morgan fingerprint density at radius 3 is 2.29 bits per heavy atom. The SMILES string of the molecule is CC[C@@H](C(=O)NC(CC(=O)OCC(C)C)C(=O)COc1c(F)c(F)cc(F)c1F)n1ccc2ccc(Cl)cc2c1=O. The van der Waals surface area contributed by atoms with Gasteiger partial charge in [0.25, 0.3) is 5.56 Å². The highest BCUT2D eigenvalue weighted by Gasteiger charge is 2.30. The highest BCUT2D eigenvalue weighted by atomic mass is 35.5. The van der Waals surface area contributed by atoms with Gasteiger partial charge in [-0.05, 0) is 35.9 Å². The van der Waals surface area contributed by atoms with Gasteiger partial charge in [0.05, 0.1) is 13.0 Å². The Kier molecular flexibility index (Phi) is 10.5. The van der Waals surface area contributed by atoms with E-state index in [0.717, 1.165) is 4.57 Å². The first-order valence-corrected chi connectivity index (χ1v) is 13.0. The first-order valence-electron chi connectivity index (χ1n) is 12.6. The third-order valence-electron chi connectivity index (χ3n) is 6.00. The van der Waals surface area contributed by atoms with Gasteiger partial charge >= 0.3 is 5.97 Å². The minimum absolute atomic E-state index is 0.00973. The van der Waals surface area contributed by atoms with E-state index in [4.69, 9.17) is 21.1 Å². The summed E-state index contributed by atoms with van der Waals surface area (Å²) >= 11 is 6.02. The molecule has 2 atom stereocenters. The maximum absolute atomic E-state index is 14.0. The van der Waals surface area contributed by atoms with Crippen molar-refractivity contribution in [2.75, 3.05) is 13.2 Å². The summed E-state index contributed by atoms with van der Waals surface area (Å²) < 4.78 is 66.0. The molecule has 0 fully saturated rings. The van der Waals surface area contributed by atoms with Gasteiger partial charge in [0.2, 0.25) is 17.5 Å². The molecule has 8 nitrogen and oxygen atoms in total. The van der Waals surface area contributed by atoms with Crippen molar-refractivity contribution in [3.63, 3.8) is 0 Å². The first kappa shape index (κ1) is 31.6. The van der Waals surface area contributed by atoms with E-state index in [9.17, 15) is 36.7 Å². The molecule has 0 aliphatic rings. The fourth-order valence-corrected chi connectivity index (χ4v) is 4.07. The number of halogens is 5. The average Bonchev–Trinajstić information content (AvgIpc) is 2.92. The molecule has 0 saturated carbocycles. The lowest BCUT2D eigenvalue weighted by molar-refractivity contribution is -0.147. The molecule has 0 aliphatic heterocycles. The molecule has 3 rings (SSSR count). The molecule has 1 heterocycles. The molecular formula is C28H27ClF4N2O6. The Morgan fingerprint density at radius 2 is 1.68 bits per heavy atom. The maximum Gasteiger partial charge on any atom is 0.308 e. The molecule has 1 N–H and O–H groups in total. The van der Waals surface area contributed by atoms with Crippen LogP contribution < -0.4 is 15.6 Å². The number of esters is 1. The van der Waals surface area contributed by atoms with Gasteiger partial charge in [-0.1, -0.05) is 38.4 Å². The third kappa shape index (κ3) is 7.63. The largest absolute Gasteiger partial charge is 0.479 e. The number of ether oxygens (including phenoxy) is 2. The summed E-state index contributed by atoms with van der Waals surface area (Å²) in [6, 6.07) is 3.49. The van der Waals surface area contributed by atoms with Gasteiger partial charge in [-0.2, -0.15) is 8.78 Å². The molecule has 0 saturated heterocycles. The lowest BCUT2D eigenvalue weighted by Crippen LogP contribution is -2.48. The fraction of sp³-hybridized carbons (Fsp3) is 0.357. The summed E-state index contributed by atoms with van der Waals surface area (Å²) in [5, 5.41) is 3.50. The number of hydrogen-bond donors (Lipinski definition) is 1. The minimum Gasteiger partial charge on any atom is -0.479 e. The second-order valence-electron chi connectivity index (χ2n) is 9.58. The van der Waals surface area contributed by atoms with Crippen molar-refractivity contribution in [3.05, 3.63) is 75.2 Å². The molecule has 1 amide bonds.